The Labute approximate surface area is 176 Å². The summed E-state index contributed by atoms with van der Waals surface area (Å²) in [6.45, 7) is 6.26. The van der Waals surface area contributed by atoms with E-state index in [1.807, 2.05) is 12.1 Å². The molecule has 0 spiro atoms. The van der Waals surface area contributed by atoms with Crippen molar-refractivity contribution in [1.29, 1.82) is 0 Å². The molecule has 3 rings (SSSR count). The SMILES string of the molecule is CC(C)(C)c1ccc(C(=O)N(C(=O)c2cccc(C=O)c2)c2ccccc2N)cc1. The molecular formula is C25H24N2O3. The van der Waals surface area contributed by atoms with Crippen molar-refractivity contribution in [3.8, 4) is 0 Å². The van der Waals surface area contributed by atoms with Gasteiger partial charge < -0.3 is 5.73 Å². The monoisotopic (exact) mass is 400 g/mol. The minimum absolute atomic E-state index is 0.0593. The number of nitrogens with two attached hydrogens (primary N) is 1. The van der Waals surface area contributed by atoms with Crippen LogP contribution >= 0.6 is 0 Å². The van der Waals surface area contributed by atoms with Crippen LogP contribution in [0.3, 0.4) is 0 Å². The highest BCUT2D eigenvalue weighted by Crippen LogP contribution is 2.28. The van der Waals surface area contributed by atoms with E-state index < -0.39 is 11.8 Å². The number of carbonyl (C=O) groups is 3. The first kappa shape index (κ1) is 21.0. The van der Waals surface area contributed by atoms with Crippen LogP contribution in [0.5, 0.6) is 0 Å². The molecule has 0 fully saturated rings. The van der Waals surface area contributed by atoms with Gasteiger partial charge in [0, 0.05) is 16.7 Å². The van der Waals surface area contributed by atoms with Crippen LogP contribution in [0.15, 0.2) is 72.8 Å². The molecule has 2 N–H and O–H groups in total. The molecule has 0 aliphatic heterocycles. The van der Waals surface area contributed by atoms with E-state index in [9.17, 15) is 14.4 Å². The standard InChI is InChI=1S/C25H24N2O3/c1-25(2,3)20-13-11-18(12-14-20)23(29)27(22-10-5-4-9-21(22)26)24(30)19-8-6-7-17(15-19)16-28/h4-16H,26H2,1-3H3. The largest absolute Gasteiger partial charge is 0.397 e. The molecule has 0 aromatic heterocycles. The molecule has 0 heterocycles. The lowest BCUT2D eigenvalue weighted by molar-refractivity contribution is 0.0897. The van der Waals surface area contributed by atoms with Gasteiger partial charge in [-0.05, 0) is 47.4 Å². The van der Waals surface area contributed by atoms with E-state index in [2.05, 4.69) is 20.8 Å². The number of hydrogen-bond acceptors (Lipinski definition) is 4. The summed E-state index contributed by atoms with van der Waals surface area (Å²) in [4.78, 5) is 38.9. The molecule has 3 aromatic carbocycles. The average Bonchev–Trinajstić information content (AvgIpc) is 2.74. The molecule has 0 aliphatic rings. The van der Waals surface area contributed by atoms with E-state index in [0.717, 1.165) is 10.5 Å². The predicted octanol–water partition coefficient (Wildman–Crippen LogP) is 4.87. The molecule has 0 unspecified atom stereocenters. The summed E-state index contributed by atoms with van der Waals surface area (Å²) in [5.74, 6) is -1.05. The van der Waals surface area contributed by atoms with Gasteiger partial charge >= 0.3 is 0 Å². The van der Waals surface area contributed by atoms with Crippen molar-refractivity contribution in [3.05, 3.63) is 95.1 Å². The molecule has 0 bridgehead atoms. The van der Waals surface area contributed by atoms with Crippen molar-refractivity contribution in [2.45, 2.75) is 26.2 Å². The molecule has 152 valence electrons. The zero-order chi connectivity index (χ0) is 21.9. The van der Waals surface area contributed by atoms with Gasteiger partial charge in [0.1, 0.15) is 6.29 Å². The van der Waals surface area contributed by atoms with Crippen molar-refractivity contribution in [2.75, 3.05) is 10.6 Å². The first-order valence-electron chi connectivity index (χ1n) is 9.61. The van der Waals surface area contributed by atoms with Crippen molar-refractivity contribution in [2.24, 2.45) is 0 Å². The van der Waals surface area contributed by atoms with E-state index in [4.69, 9.17) is 5.73 Å². The van der Waals surface area contributed by atoms with Crippen LogP contribution in [0.2, 0.25) is 0 Å². The van der Waals surface area contributed by atoms with Gasteiger partial charge in [-0.25, -0.2) is 4.90 Å². The Morgan fingerprint density at radius 3 is 2.07 bits per heavy atom. The Hall–Kier alpha value is -3.73. The van der Waals surface area contributed by atoms with E-state index in [1.165, 1.54) is 6.07 Å². The van der Waals surface area contributed by atoms with Crippen molar-refractivity contribution in [3.63, 3.8) is 0 Å². The second-order valence-electron chi connectivity index (χ2n) is 8.08. The molecule has 2 amide bonds. The minimum Gasteiger partial charge on any atom is -0.397 e. The van der Waals surface area contributed by atoms with E-state index in [1.54, 1.807) is 54.6 Å². The molecule has 30 heavy (non-hydrogen) atoms. The van der Waals surface area contributed by atoms with Gasteiger partial charge in [-0.3, -0.25) is 14.4 Å². The zero-order valence-electron chi connectivity index (χ0n) is 17.3. The number of aldehydes is 1. The van der Waals surface area contributed by atoms with E-state index in [0.29, 0.717) is 28.8 Å². The van der Waals surface area contributed by atoms with Crippen molar-refractivity contribution >= 4 is 29.5 Å². The number of hydrogen-bond donors (Lipinski definition) is 1. The highest BCUT2D eigenvalue weighted by molar-refractivity contribution is 6.26. The van der Waals surface area contributed by atoms with Crippen molar-refractivity contribution < 1.29 is 14.4 Å². The van der Waals surface area contributed by atoms with Crippen LogP contribution in [0.25, 0.3) is 0 Å². The molecule has 0 saturated heterocycles. The summed E-state index contributed by atoms with van der Waals surface area (Å²) in [6, 6.07) is 20.1. The summed E-state index contributed by atoms with van der Waals surface area (Å²) in [7, 11) is 0. The summed E-state index contributed by atoms with van der Waals surface area (Å²) >= 11 is 0. The normalized spacial score (nSPS) is 11.0. The topological polar surface area (TPSA) is 80.5 Å². The number of rotatable bonds is 4. The van der Waals surface area contributed by atoms with Gasteiger partial charge in [-0.2, -0.15) is 0 Å². The fourth-order valence-corrected chi connectivity index (χ4v) is 3.12. The van der Waals surface area contributed by atoms with Gasteiger partial charge in [-0.1, -0.05) is 57.2 Å². The maximum atomic E-state index is 13.4. The molecule has 0 saturated carbocycles. The third-order valence-electron chi connectivity index (χ3n) is 4.85. The summed E-state index contributed by atoms with van der Waals surface area (Å²) in [5.41, 5.74) is 8.65. The van der Waals surface area contributed by atoms with Gasteiger partial charge in [0.25, 0.3) is 11.8 Å². The highest BCUT2D eigenvalue weighted by Gasteiger charge is 2.28. The number of imide groups is 1. The lowest BCUT2D eigenvalue weighted by Gasteiger charge is -2.24. The van der Waals surface area contributed by atoms with Crippen LogP contribution in [-0.2, 0) is 5.41 Å². The second kappa shape index (κ2) is 8.33. The second-order valence-corrected chi connectivity index (χ2v) is 8.08. The Morgan fingerprint density at radius 1 is 0.833 bits per heavy atom. The van der Waals surface area contributed by atoms with E-state index >= 15 is 0 Å². The lowest BCUT2D eigenvalue weighted by Crippen LogP contribution is -2.37. The average molecular weight is 400 g/mol. The van der Waals surface area contributed by atoms with Gasteiger partial charge in [0.15, 0.2) is 0 Å². The molecule has 0 radical (unpaired) electrons. The Bertz CT molecular complexity index is 1100. The third-order valence-corrected chi connectivity index (χ3v) is 4.85. The molecule has 0 atom stereocenters. The Kier molecular flexibility index (Phi) is 5.83. The zero-order valence-corrected chi connectivity index (χ0v) is 17.3. The number of amides is 2. The van der Waals surface area contributed by atoms with Gasteiger partial charge in [0.2, 0.25) is 0 Å². The Balaban J connectivity index is 2.08. The van der Waals surface area contributed by atoms with Crippen LogP contribution in [0.4, 0.5) is 11.4 Å². The number of carbonyl (C=O) groups excluding carboxylic acids is 3. The lowest BCUT2D eigenvalue weighted by atomic mass is 9.86. The van der Waals surface area contributed by atoms with Crippen LogP contribution in [-0.4, -0.2) is 18.1 Å². The third kappa shape index (κ3) is 4.30. The number of benzene rings is 3. The molecule has 3 aromatic rings. The van der Waals surface area contributed by atoms with Crippen LogP contribution in [0, 0.1) is 0 Å². The molecule has 5 nitrogen and oxygen atoms in total. The first-order valence-corrected chi connectivity index (χ1v) is 9.61. The van der Waals surface area contributed by atoms with Crippen molar-refractivity contribution in [1.82, 2.24) is 0 Å². The fourth-order valence-electron chi connectivity index (χ4n) is 3.12. The smallest absolute Gasteiger partial charge is 0.265 e. The van der Waals surface area contributed by atoms with E-state index in [-0.39, 0.29) is 11.0 Å². The maximum absolute atomic E-state index is 13.4. The fraction of sp³-hybridized carbons (Fsp3) is 0.160. The highest BCUT2D eigenvalue weighted by atomic mass is 16.2. The van der Waals surface area contributed by atoms with Crippen LogP contribution in [0.1, 0.15) is 57.4 Å². The quantitative estimate of drug-likeness (QED) is 0.385. The van der Waals surface area contributed by atoms with Crippen LogP contribution < -0.4 is 10.6 Å². The number of anilines is 2. The summed E-state index contributed by atoms with van der Waals surface area (Å²) in [5, 5.41) is 0. The van der Waals surface area contributed by atoms with Gasteiger partial charge in [-0.15, -0.1) is 0 Å². The van der Waals surface area contributed by atoms with Gasteiger partial charge in [0.05, 0.1) is 11.4 Å². The number of nitrogen functional groups attached to an aromatic ring is 1. The summed E-state index contributed by atoms with van der Waals surface area (Å²) < 4.78 is 0. The first-order chi connectivity index (χ1) is 14.2. The summed E-state index contributed by atoms with van der Waals surface area (Å²) in [6.07, 6.45) is 0.658. The number of para-hydroxylation sites is 2. The number of nitrogens with zero attached hydrogens (tertiary/aromatic N) is 1. The predicted molar refractivity (Wildman–Crippen MR) is 119 cm³/mol. The molecule has 5 heteroatoms. The molecular weight excluding hydrogens is 376 g/mol. The Morgan fingerprint density at radius 2 is 1.47 bits per heavy atom. The minimum atomic E-state index is -0.554. The molecule has 0 aliphatic carbocycles. The maximum Gasteiger partial charge on any atom is 0.265 e.